The van der Waals surface area contributed by atoms with Gasteiger partial charge in [0, 0.05) is 6.54 Å². The van der Waals surface area contributed by atoms with Crippen molar-refractivity contribution in [1.82, 2.24) is 15.6 Å². The van der Waals surface area contributed by atoms with Crippen LogP contribution in [0.25, 0.3) is 10.8 Å². The van der Waals surface area contributed by atoms with Gasteiger partial charge in [0.1, 0.15) is 6.26 Å². The van der Waals surface area contributed by atoms with Gasteiger partial charge in [0.05, 0.1) is 17.0 Å². The molecule has 0 aliphatic carbocycles. The van der Waals surface area contributed by atoms with E-state index in [0.29, 0.717) is 17.5 Å². The zero-order valence-corrected chi connectivity index (χ0v) is 15.8. The zero-order valence-electron chi connectivity index (χ0n) is 13.3. The number of nitrogens with zero attached hydrogens (tertiary/aromatic N) is 1. The van der Waals surface area contributed by atoms with E-state index in [2.05, 4.69) is 15.6 Å². The van der Waals surface area contributed by atoms with Crippen LogP contribution in [0.3, 0.4) is 0 Å². The monoisotopic (exact) mass is 391 g/mol. The predicted octanol–water partition coefficient (Wildman–Crippen LogP) is 3.30. The summed E-state index contributed by atoms with van der Waals surface area (Å²) in [5, 5.41) is 8.35. The average molecular weight is 392 g/mol. The number of hydrogen-bond acceptors (Lipinski definition) is 5. The van der Waals surface area contributed by atoms with Crippen LogP contribution in [0.5, 0.6) is 0 Å². The lowest BCUT2D eigenvalue weighted by Crippen LogP contribution is -2.33. The Bertz CT molecular complexity index is 598. The molecule has 0 aromatic carbocycles. The first-order chi connectivity index (χ1) is 10.8. The summed E-state index contributed by atoms with van der Waals surface area (Å²) in [6, 6.07) is 3.91. The number of halogens is 2. The highest BCUT2D eigenvalue weighted by Crippen LogP contribution is 2.23. The van der Waals surface area contributed by atoms with Gasteiger partial charge in [-0.05, 0) is 49.7 Å². The van der Waals surface area contributed by atoms with Crippen LogP contribution in [-0.4, -0.2) is 30.5 Å². The van der Waals surface area contributed by atoms with Crippen molar-refractivity contribution in [2.75, 3.05) is 19.6 Å². The third-order valence-corrected chi connectivity index (χ3v) is 4.76. The van der Waals surface area contributed by atoms with Crippen LogP contribution in [0.4, 0.5) is 0 Å². The number of thiophene rings is 1. The number of piperidine rings is 1. The van der Waals surface area contributed by atoms with Crippen molar-refractivity contribution in [2.24, 2.45) is 5.92 Å². The lowest BCUT2D eigenvalue weighted by molar-refractivity contribution is -0.120. The molecule has 1 aliphatic heterocycles. The van der Waals surface area contributed by atoms with Crippen molar-refractivity contribution in [2.45, 2.75) is 25.7 Å². The normalized spacial score (nSPS) is 16.8. The third kappa shape index (κ3) is 6.09. The quantitative estimate of drug-likeness (QED) is 0.792. The van der Waals surface area contributed by atoms with Crippen LogP contribution in [-0.2, 0) is 11.2 Å². The SMILES string of the molecule is Cl.Cl.O=C(Cc1coc(-c2cccs2)n1)NCCC1CCCNC1. The Kier molecular flexibility index (Phi) is 9.36. The highest BCUT2D eigenvalue weighted by molar-refractivity contribution is 7.13. The Morgan fingerprint density at radius 1 is 1.46 bits per heavy atom. The summed E-state index contributed by atoms with van der Waals surface area (Å²) in [5.41, 5.74) is 0.681. The van der Waals surface area contributed by atoms with E-state index < -0.39 is 0 Å². The van der Waals surface area contributed by atoms with Crippen molar-refractivity contribution >= 4 is 42.1 Å². The van der Waals surface area contributed by atoms with Gasteiger partial charge in [-0.1, -0.05) is 6.07 Å². The molecular formula is C16H23Cl2N3O2S. The largest absolute Gasteiger partial charge is 0.444 e. The summed E-state index contributed by atoms with van der Waals surface area (Å²) >= 11 is 1.58. The second-order valence-electron chi connectivity index (χ2n) is 5.65. The number of rotatable bonds is 6. The second kappa shape index (κ2) is 10.7. The van der Waals surface area contributed by atoms with Crippen LogP contribution in [0.2, 0.25) is 0 Å². The zero-order chi connectivity index (χ0) is 15.2. The van der Waals surface area contributed by atoms with Crippen molar-refractivity contribution < 1.29 is 9.21 Å². The fourth-order valence-electron chi connectivity index (χ4n) is 2.71. The lowest BCUT2D eigenvalue weighted by Gasteiger charge is -2.22. The Balaban J connectivity index is 0.00000144. The van der Waals surface area contributed by atoms with Gasteiger partial charge in [0.25, 0.3) is 0 Å². The number of amides is 1. The van der Waals surface area contributed by atoms with E-state index in [1.807, 2.05) is 17.5 Å². The molecule has 24 heavy (non-hydrogen) atoms. The molecule has 1 aliphatic rings. The van der Waals surface area contributed by atoms with Crippen LogP contribution in [0.15, 0.2) is 28.2 Å². The van der Waals surface area contributed by atoms with Crippen LogP contribution >= 0.6 is 36.2 Å². The Morgan fingerprint density at radius 3 is 3.04 bits per heavy atom. The molecule has 0 bridgehead atoms. The van der Waals surface area contributed by atoms with Crippen molar-refractivity contribution in [1.29, 1.82) is 0 Å². The summed E-state index contributed by atoms with van der Waals surface area (Å²) in [5.74, 6) is 1.28. The molecular weight excluding hydrogens is 369 g/mol. The van der Waals surface area contributed by atoms with E-state index in [1.54, 1.807) is 17.6 Å². The van der Waals surface area contributed by atoms with Crippen molar-refractivity contribution in [3.63, 3.8) is 0 Å². The van der Waals surface area contributed by atoms with Crippen LogP contribution in [0, 0.1) is 5.92 Å². The molecule has 0 saturated carbocycles. The first-order valence-corrected chi connectivity index (χ1v) is 8.65. The smallest absolute Gasteiger partial charge is 0.236 e. The number of carbonyl (C=O) groups excluding carboxylic acids is 1. The molecule has 8 heteroatoms. The number of aromatic nitrogens is 1. The maximum Gasteiger partial charge on any atom is 0.236 e. The van der Waals surface area contributed by atoms with Crippen LogP contribution in [0.1, 0.15) is 25.0 Å². The predicted molar refractivity (Wildman–Crippen MR) is 101 cm³/mol. The highest BCUT2D eigenvalue weighted by atomic mass is 35.5. The molecule has 1 fully saturated rings. The van der Waals surface area contributed by atoms with Crippen molar-refractivity contribution in [3.05, 3.63) is 29.5 Å². The minimum Gasteiger partial charge on any atom is -0.444 e. The van der Waals surface area contributed by atoms with Crippen molar-refractivity contribution in [3.8, 4) is 10.8 Å². The average Bonchev–Trinajstić information content (AvgIpc) is 3.19. The number of hydrogen-bond donors (Lipinski definition) is 2. The molecule has 1 saturated heterocycles. The summed E-state index contributed by atoms with van der Waals surface area (Å²) in [7, 11) is 0. The van der Waals surface area contributed by atoms with E-state index in [-0.39, 0.29) is 37.1 Å². The van der Waals surface area contributed by atoms with E-state index in [1.165, 1.54) is 12.8 Å². The standard InChI is InChI=1S/C16H21N3O2S.2ClH/c20-15(18-7-5-12-3-1-6-17-10-12)9-13-11-21-16(19-13)14-4-2-8-22-14;;/h2,4,8,11-12,17H,1,3,5-7,9-10H2,(H,18,20);2*1H. The molecule has 2 aromatic heterocycles. The Labute approximate surface area is 158 Å². The molecule has 3 rings (SSSR count). The summed E-state index contributed by atoms with van der Waals surface area (Å²) in [4.78, 5) is 17.3. The maximum absolute atomic E-state index is 11.9. The van der Waals surface area contributed by atoms with E-state index in [4.69, 9.17) is 4.42 Å². The lowest BCUT2D eigenvalue weighted by atomic mass is 9.96. The molecule has 0 spiro atoms. The molecule has 134 valence electrons. The second-order valence-corrected chi connectivity index (χ2v) is 6.60. The highest BCUT2D eigenvalue weighted by Gasteiger charge is 2.14. The van der Waals surface area contributed by atoms with Gasteiger partial charge in [0.15, 0.2) is 0 Å². The maximum atomic E-state index is 11.9. The van der Waals surface area contributed by atoms with Gasteiger partial charge in [-0.15, -0.1) is 36.2 Å². The van der Waals surface area contributed by atoms with E-state index in [9.17, 15) is 4.79 Å². The van der Waals surface area contributed by atoms with E-state index >= 15 is 0 Å². The van der Waals surface area contributed by atoms with Gasteiger partial charge in [-0.25, -0.2) is 4.98 Å². The molecule has 1 amide bonds. The van der Waals surface area contributed by atoms with Gasteiger partial charge in [-0.2, -0.15) is 0 Å². The molecule has 1 atom stereocenters. The van der Waals surface area contributed by atoms with Gasteiger partial charge < -0.3 is 15.1 Å². The Morgan fingerprint density at radius 2 is 2.33 bits per heavy atom. The number of nitrogens with one attached hydrogen (secondary N) is 2. The first kappa shape index (κ1) is 21.0. The molecule has 1 unspecified atom stereocenters. The number of carbonyl (C=O) groups is 1. The molecule has 3 heterocycles. The molecule has 2 aromatic rings. The molecule has 0 radical (unpaired) electrons. The minimum absolute atomic E-state index is 0. The summed E-state index contributed by atoms with van der Waals surface area (Å²) in [6.07, 6.45) is 5.38. The van der Waals surface area contributed by atoms with Gasteiger partial charge in [0.2, 0.25) is 11.8 Å². The molecule has 2 N–H and O–H groups in total. The fraction of sp³-hybridized carbons (Fsp3) is 0.500. The topological polar surface area (TPSA) is 67.2 Å². The van der Waals surface area contributed by atoms with Gasteiger partial charge in [-0.3, -0.25) is 4.79 Å². The first-order valence-electron chi connectivity index (χ1n) is 7.77. The minimum atomic E-state index is 0. The Hall–Kier alpha value is -1.08. The summed E-state index contributed by atoms with van der Waals surface area (Å²) in [6.45, 7) is 2.94. The van der Waals surface area contributed by atoms with Gasteiger partial charge >= 0.3 is 0 Å². The van der Waals surface area contributed by atoms with Crippen LogP contribution < -0.4 is 10.6 Å². The third-order valence-electron chi connectivity index (χ3n) is 3.90. The number of oxazole rings is 1. The van der Waals surface area contributed by atoms with E-state index in [0.717, 1.165) is 30.9 Å². The molecule has 5 nitrogen and oxygen atoms in total. The fourth-order valence-corrected chi connectivity index (χ4v) is 3.37. The summed E-state index contributed by atoms with van der Waals surface area (Å²) < 4.78 is 5.42.